The van der Waals surface area contributed by atoms with Crippen LogP contribution in [0.5, 0.6) is 0 Å². The van der Waals surface area contributed by atoms with Crippen molar-refractivity contribution >= 4 is 28.4 Å². The summed E-state index contributed by atoms with van der Waals surface area (Å²) in [6.07, 6.45) is 3.40. The molecular weight excluding hydrogens is 278 g/mol. The van der Waals surface area contributed by atoms with Gasteiger partial charge in [-0.25, -0.2) is 0 Å². The van der Waals surface area contributed by atoms with Crippen LogP contribution in [0, 0.1) is 20.2 Å². The molecule has 0 aliphatic carbocycles. The second-order valence-electron chi connectivity index (χ2n) is 5.12. The van der Waals surface area contributed by atoms with Gasteiger partial charge in [0.15, 0.2) is 0 Å². The largest absolute Gasteiger partial charge is 0.348 e. The number of aromatic amines is 1. The number of quaternary nitrogens is 1. The first-order valence-corrected chi connectivity index (χ1v) is 6.74. The standard InChI is InChI=1S/C12H13N5O4/c18-16(19)10-6-8-9(7-11(10)17(20)21)14-12(13-8)15-4-2-1-3-5-15/h6-7H,1-5H2,(H,13,14)/p+1. The van der Waals surface area contributed by atoms with Crippen LogP contribution < -0.4 is 4.90 Å². The van der Waals surface area contributed by atoms with Crippen LogP contribution in [0.4, 0.5) is 17.3 Å². The van der Waals surface area contributed by atoms with Gasteiger partial charge in [-0.3, -0.25) is 30.1 Å². The molecule has 0 saturated carbocycles. The molecule has 2 aromatic rings. The molecule has 1 aliphatic rings. The van der Waals surface area contributed by atoms with Gasteiger partial charge in [0, 0.05) is 6.07 Å². The molecule has 9 nitrogen and oxygen atoms in total. The average Bonchev–Trinajstić information content (AvgIpc) is 2.89. The van der Waals surface area contributed by atoms with E-state index >= 15 is 0 Å². The molecule has 0 spiro atoms. The Balaban J connectivity index is 2.08. The molecule has 1 aromatic heterocycles. The lowest BCUT2D eigenvalue weighted by Crippen LogP contribution is -3.08. The lowest BCUT2D eigenvalue weighted by atomic mass is 10.1. The smallest absolute Gasteiger partial charge is 0.292 e. The zero-order valence-electron chi connectivity index (χ0n) is 11.2. The molecule has 21 heavy (non-hydrogen) atoms. The van der Waals surface area contributed by atoms with E-state index in [1.54, 1.807) is 0 Å². The molecule has 0 atom stereocenters. The first-order valence-electron chi connectivity index (χ1n) is 6.74. The monoisotopic (exact) mass is 292 g/mol. The second-order valence-corrected chi connectivity index (χ2v) is 5.12. The molecule has 9 heteroatoms. The van der Waals surface area contributed by atoms with Gasteiger partial charge in [-0.05, 0) is 19.3 Å². The summed E-state index contributed by atoms with van der Waals surface area (Å²) < 4.78 is 0. The number of nitrogens with one attached hydrogen (secondary N) is 2. The fourth-order valence-corrected chi connectivity index (χ4v) is 2.71. The van der Waals surface area contributed by atoms with E-state index in [0.29, 0.717) is 17.0 Å². The van der Waals surface area contributed by atoms with Gasteiger partial charge in [-0.1, -0.05) is 0 Å². The highest BCUT2D eigenvalue weighted by atomic mass is 16.6. The molecule has 2 heterocycles. The highest BCUT2D eigenvalue weighted by Gasteiger charge is 2.28. The van der Waals surface area contributed by atoms with Gasteiger partial charge in [0.2, 0.25) is 0 Å². The summed E-state index contributed by atoms with van der Waals surface area (Å²) in [7, 11) is 0. The van der Waals surface area contributed by atoms with Crippen LogP contribution in [0.25, 0.3) is 11.0 Å². The first kappa shape index (κ1) is 13.4. The number of nitro benzene ring substituents is 2. The number of hydrogen-bond acceptors (Lipinski definition) is 5. The lowest BCUT2D eigenvalue weighted by molar-refractivity contribution is -0.843. The van der Waals surface area contributed by atoms with Crippen molar-refractivity contribution in [3.63, 3.8) is 0 Å². The number of nitro groups is 2. The fraction of sp³-hybridized carbons (Fsp3) is 0.417. The lowest BCUT2D eigenvalue weighted by Gasteiger charge is -2.19. The van der Waals surface area contributed by atoms with Crippen molar-refractivity contribution in [2.75, 3.05) is 13.1 Å². The molecule has 1 aromatic carbocycles. The maximum absolute atomic E-state index is 10.9. The Kier molecular flexibility index (Phi) is 3.26. The van der Waals surface area contributed by atoms with Crippen molar-refractivity contribution in [2.24, 2.45) is 0 Å². The molecule has 3 rings (SSSR count). The summed E-state index contributed by atoms with van der Waals surface area (Å²) in [6, 6.07) is 2.35. The number of hydrogen-bond donors (Lipinski definition) is 2. The van der Waals surface area contributed by atoms with Crippen molar-refractivity contribution in [1.82, 2.24) is 9.97 Å². The summed E-state index contributed by atoms with van der Waals surface area (Å²) in [6.45, 7) is 1.90. The number of piperidine rings is 1. The van der Waals surface area contributed by atoms with Crippen LogP contribution in [-0.2, 0) is 0 Å². The van der Waals surface area contributed by atoms with Crippen LogP contribution in [-0.4, -0.2) is 32.9 Å². The number of aromatic nitrogens is 2. The third-order valence-electron chi connectivity index (χ3n) is 3.76. The van der Waals surface area contributed by atoms with Crippen LogP contribution in [0.3, 0.4) is 0 Å². The quantitative estimate of drug-likeness (QED) is 0.648. The summed E-state index contributed by atoms with van der Waals surface area (Å²) in [5.74, 6) is 0.694. The Hall–Kier alpha value is -2.55. The molecule has 0 unspecified atom stereocenters. The molecule has 0 radical (unpaired) electrons. The van der Waals surface area contributed by atoms with Gasteiger partial charge in [0.05, 0.1) is 34.5 Å². The number of imidazole rings is 1. The normalized spacial score (nSPS) is 16.2. The second kappa shape index (κ2) is 5.09. The zero-order chi connectivity index (χ0) is 15.0. The van der Waals surface area contributed by atoms with Crippen molar-refractivity contribution < 1.29 is 14.7 Å². The van der Waals surface area contributed by atoms with Crippen LogP contribution in [0.1, 0.15) is 19.3 Å². The molecule has 1 fully saturated rings. The van der Waals surface area contributed by atoms with E-state index in [-0.39, 0.29) is 0 Å². The predicted molar refractivity (Wildman–Crippen MR) is 73.6 cm³/mol. The van der Waals surface area contributed by atoms with E-state index in [4.69, 9.17) is 0 Å². The van der Waals surface area contributed by atoms with Gasteiger partial charge >= 0.3 is 17.3 Å². The van der Waals surface area contributed by atoms with Gasteiger partial charge in [-0.2, -0.15) is 4.98 Å². The van der Waals surface area contributed by atoms with Crippen molar-refractivity contribution in [3.05, 3.63) is 32.4 Å². The van der Waals surface area contributed by atoms with Gasteiger partial charge in [0.1, 0.15) is 5.52 Å². The molecular formula is C12H14N5O4+. The van der Waals surface area contributed by atoms with E-state index in [1.165, 1.54) is 17.4 Å². The summed E-state index contributed by atoms with van der Waals surface area (Å²) >= 11 is 0. The van der Waals surface area contributed by atoms with E-state index in [2.05, 4.69) is 9.97 Å². The summed E-state index contributed by atoms with van der Waals surface area (Å²) in [4.78, 5) is 29.0. The summed E-state index contributed by atoms with van der Waals surface area (Å²) in [5, 5.41) is 21.9. The van der Waals surface area contributed by atoms with E-state index in [1.807, 2.05) is 0 Å². The molecule has 0 bridgehead atoms. The number of nitrogens with zero attached hydrogens (tertiary/aromatic N) is 3. The third-order valence-corrected chi connectivity index (χ3v) is 3.76. The minimum absolute atomic E-state index is 0.389. The molecule has 0 amide bonds. The number of fused-ring (bicyclic) bond motifs is 1. The number of rotatable bonds is 3. The SMILES string of the molecule is O=[N+]([O-])c1cc2nc([NH+]3CCCCC3)[nH]c2cc1[N+](=O)[O-]. The van der Waals surface area contributed by atoms with E-state index in [9.17, 15) is 20.2 Å². The van der Waals surface area contributed by atoms with Crippen molar-refractivity contribution in [1.29, 1.82) is 0 Å². The number of H-pyrrole nitrogens is 1. The van der Waals surface area contributed by atoms with Gasteiger partial charge in [-0.15, -0.1) is 0 Å². The van der Waals surface area contributed by atoms with Gasteiger partial charge < -0.3 is 0 Å². The molecule has 1 aliphatic heterocycles. The summed E-state index contributed by atoms with van der Waals surface area (Å²) in [5.41, 5.74) is -0.198. The van der Waals surface area contributed by atoms with Crippen molar-refractivity contribution in [2.45, 2.75) is 19.3 Å². The molecule has 2 N–H and O–H groups in total. The van der Waals surface area contributed by atoms with E-state index in [0.717, 1.165) is 32.0 Å². The molecule has 1 saturated heterocycles. The maximum Gasteiger partial charge on any atom is 0.348 e. The minimum atomic E-state index is -0.750. The number of benzene rings is 1. The third kappa shape index (κ3) is 2.42. The molecule has 110 valence electrons. The Bertz CT molecular complexity index is 669. The fourth-order valence-electron chi connectivity index (χ4n) is 2.71. The van der Waals surface area contributed by atoms with Crippen molar-refractivity contribution in [3.8, 4) is 0 Å². The van der Waals surface area contributed by atoms with Crippen LogP contribution in [0.15, 0.2) is 12.1 Å². The maximum atomic E-state index is 10.9. The Morgan fingerprint density at radius 3 is 2.29 bits per heavy atom. The Labute approximate surface area is 118 Å². The first-order chi connectivity index (χ1) is 10.1. The zero-order valence-corrected chi connectivity index (χ0v) is 11.2. The highest BCUT2D eigenvalue weighted by Crippen LogP contribution is 2.31. The van der Waals surface area contributed by atoms with Gasteiger partial charge in [0.25, 0.3) is 0 Å². The van der Waals surface area contributed by atoms with Crippen LogP contribution >= 0.6 is 0 Å². The van der Waals surface area contributed by atoms with E-state index < -0.39 is 21.2 Å². The topological polar surface area (TPSA) is 119 Å². The predicted octanol–water partition coefficient (Wildman–Crippen LogP) is 1.08. The average molecular weight is 292 g/mol. The highest BCUT2D eigenvalue weighted by molar-refractivity contribution is 5.83. The Morgan fingerprint density at radius 1 is 1.05 bits per heavy atom. The Morgan fingerprint density at radius 2 is 1.67 bits per heavy atom. The van der Waals surface area contributed by atoms with Crippen LogP contribution in [0.2, 0.25) is 0 Å². The minimum Gasteiger partial charge on any atom is -0.292 e.